The Morgan fingerprint density at radius 1 is 1.47 bits per heavy atom. The van der Waals surface area contributed by atoms with Gasteiger partial charge in [0.1, 0.15) is 12.0 Å². The molecule has 0 bridgehead atoms. The van der Waals surface area contributed by atoms with Crippen LogP contribution in [0.3, 0.4) is 0 Å². The van der Waals surface area contributed by atoms with Crippen molar-refractivity contribution in [3.05, 3.63) is 6.33 Å². The smallest absolute Gasteiger partial charge is 0.242 e. The highest BCUT2D eigenvalue weighted by Crippen LogP contribution is 2.31. The normalized spacial score (nSPS) is 19.8. The second-order valence-corrected chi connectivity index (χ2v) is 5.45. The summed E-state index contributed by atoms with van der Waals surface area (Å²) >= 11 is 0. The Balaban J connectivity index is 2.19. The summed E-state index contributed by atoms with van der Waals surface area (Å²) in [5.41, 5.74) is 6.72. The van der Waals surface area contributed by atoms with E-state index in [0.29, 0.717) is 11.6 Å². The zero-order valence-corrected chi connectivity index (χ0v) is 12.1. The van der Waals surface area contributed by atoms with Crippen LogP contribution in [0.2, 0.25) is 0 Å². The molecule has 1 unspecified atom stereocenters. The van der Waals surface area contributed by atoms with Gasteiger partial charge in [-0.3, -0.25) is 0 Å². The largest absolute Gasteiger partial charge is 0.473 e. The number of nitrogens with two attached hydrogens (primary N) is 1. The number of nitrogen functional groups attached to an aromatic ring is 1. The second kappa shape index (κ2) is 6.08. The average molecular weight is 264 g/mol. The van der Waals surface area contributed by atoms with Crippen LogP contribution < -0.4 is 15.4 Å². The van der Waals surface area contributed by atoms with E-state index in [0.717, 1.165) is 24.8 Å². The number of aromatic nitrogens is 2. The lowest BCUT2D eigenvalue weighted by atomic mass is 9.95. The second-order valence-electron chi connectivity index (χ2n) is 5.45. The van der Waals surface area contributed by atoms with E-state index in [4.69, 9.17) is 10.5 Å². The molecular weight excluding hydrogens is 240 g/mol. The predicted molar refractivity (Wildman–Crippen MR) is 77.4 cm³/mol. The first kappa shape index (κ1) is 13.9. The molecule has 0 aromatic carbocycles. The molecule has 1 atom stereocenters. The molecule has 1 aliphatic rings. The maximum absolute atomic E-state index is 6.16. The number of hydrogen-bond donors (Lipinski definition) is 1. The van der Waals surface area contributed by atoms with Crippen LogP contribution >= 0.6 is 0 Å². The van der Waals surface area contributed by atoms with Crippen LogP contribution in [-0.2, 0) is 0 Å². The van der Waals surface area contributed by atoms with Gasteiger partial charge in [0.25, 0.3) is 0 Å². The third-order valence-corrected chi connectivity index (χ3v) is 3.57. The fourth-order valence-corrected chi connectivity index (χ4v) is 2.53. The SMILES string of the molecule is CCC1CCCN(c2ncnc(OC(C)C)c2N)C1. The van der Waals surface area contributed by atoms with Crippen molar-refractivity contribution in [3.63, 3.8) is 0 Å². The summed E-state index contributed by atoms with van der Waals surface area (Å²) in [5.74, 6) is 2.06. The van der Waals surface area contributed by atoms with Gasteiger partial charge in [-0.15, -0.1) is 0 Å². The zero-order chi connectivity index (χ0) is 13.8. The number of ether oxygens (including phenoxy) is 1. The summed E-state index contributed by atoms with van der Waals surface area (Å²) in [4.78, 5) is 10.7. The van der Waals surface area contributed by atoms with Crippen LogP contribution in [0.15, 0.2) is 6.33 Å². The fourth-order valence-electron chi connectivity index (χ4n) is 2.53. The summed E-state index contributed by atoms with van der Waals surface area (Å²) < 4.78 is 5.63. The molecule has 1 aromatic rings. The van der Waals surface area contributed by atoms with E-state index in [9.17, 15) is 0 Å². The lowest BCUT2D eigenvalue weighted by Gasteiger charge is -2.33. The Bertz CT molecular complexity index is 422. The molecule has 106 valence electrons. The first-order valence-corrected chi connectivity index (χ1v) is 7.13. The molecule has 19 heavy (non-hydrogen) atoms. The first-order chi connectivity index (χ1) is 9.11. The first-order valence-electron chi connectivity index (χ1n) is 7.13. The molecule has 2 N–H and O–H groups in total. The van der Waals surface area contributed by atoms with Crippen LogP contribution in [0.4, 0.5) is 11.5 Å². The molecule has 2 heterocycles. The van der Waals surface area contributed by atoms with Crippen molar-refractivity contribution < 1.29 is 4.74 Å². The summed E-state index contributed by atoms with van der Waals surface area (Å²) in [6.07, 6.45) is 5.31. The molecule has 2 rings (SSSR count). The van der Waals surface area contributed by atoms with Crippen LogP contribution in [0.5, 0.6) is 5.88 Å². The Morgan fingerprint density at radius 2 is 2.26 bits per heavy atom. The third-order valence-electron chi connectivity index (χ3n) is 3.57. The van der Waals surface area contributed by atoms with Gasteiger partial charge < -0.3 is 15.4 Å². The topological polar surface area (TPSA) is 64.3 Å². The van der Waals surface area contributed by atoms with Gasteiger partial charge in [0.2, 0.25) is 5.88 Å². The van der Waals surface area contributed by atoms with E-state index >= 15 is 0 Å². The van der Waals surface area contributed by atoms with Crippen LogP contribution in [0.25, 0.3) is 0 Å². The maximum atomic E-state index is 6.16. The molecule has 0 amide bonds. The van der Waals surface area contributed by atoms with Crippen molar-refractivity contribution in [1.82, 2.24) is 9.97 Å². The van der Waals surface area contributed by atoms with Crippen molar-refractivity contribution in [2.24, 2.45) is 5.92 Å². The molecule has 5 heteroatoms. The lowest BCUT2D eigenvalue weighted by molar-refractivity contribution is 0.234. The van der Waals surface area contributed by atoms with Crippen LogP contribution in [0.1, 0.15) is 40.0 Å². The average Bonchev–Trinajstić information content (AvgIpc) is 2.41. The molecule has 1 saturated heterocycles. The Labute approximate surface area is 115 Å². The standard InChI is InChI=1S/C14H24N4O/c1-4-11-6-5-7-18(8-11)13-12(15)14(17-9-16-13)19-10(2)3/h9-11H,4-8,15H2,1-3H3. The Morgan fingerprint density at radius 3 is 2.95 bits per heavy atom. The highest BCUT2D eigenvalue weighted by atomic mass is 16.5. The minimum Gasteiger partial charge on any atom is -0.473 e. The molecule has 5 nitrogen and oxygen atoms in total. The van der Waals surface area contributed by atoms with Gasteiger partial charge in [0, 0.05) is 13.1 Å². The van der Waals surface area contributed by atoms with Crippen LogP contribution in [0, 0.1) is 5.92 Å². The van der Waals surface area contributed by atoms with E-state index in [-0.39, 0.29) is 6.10 Å². The maximum Gasteiger partial charge on any atom is 0.242 e. The van der Waals surface area contributed by atoms with Crippen molar-refractivity contribution in [2.75, 3.05) is 23.7 Å². The Kier molecular flexibility index (Phi) is 4.45. The number of piperidine rings is 1. The molecule has 0 radical (unpaired) electrons. The van der Waals surface area contributed by atoms with Crippen molar-refractivity contribution in [3.8, 4) is 5.88 Å². The molecule has 1 aromatic heterocycles. The number of hydrogen-bond acceptors (Lipinski definition) is 5. The molecular formula is C14H24N4O. The number of rotatable bonds is 4. The lowest BCUT2D eigenvalue weighted by Crippen LogP contribution is -2.36. The minimum absolute atomic E-state index is 0.0646. The van der Waals surface area contributed by atoms with Crippen molar-refractivity contribution in [1.29, 1.82) is 0 Å². The Hall–Kier alpha value is -1.52. The van der Waals surface area contributed by atoms with Gasteiger partial charge in [-0.1, -0.05) is 13.3 Å². The van der Waals surface area contributed by atoms with Gasteiger partial charge in [-0.2, -0.15) is 4.98 Å². The molecule has 0 spiro atoms. The molecule has 0 aliphatic carbocycles. The van der Waals surface area contributed by atoms with E-state index in [1.807, 2.05) is 13.8 Å². The highest BCUT2D eigenvalue weighted by Gasteiger charge is 2.23. The van der Waals surface area contributed by atoms with Gasteiger partial charge in [-0.25, -0.2) is 4.98 Å². The van der Waals surface area contributed by atoms with Gasteiger partial charge in [-0.05, 0) is 32.6 Å². The van der Waals surface area contributed by atoms with Crippen molar-refractivity contribution in [2.45, 2.75) is 46.1 Å². The number of anilines is 2. The van der Waals surface area contributed by atoms with Crippen molar-refractivity contribution >= 4 is 11.5 Å². The van der Waals surface area contributed by atoms with Crippen LogP contribution in [-0.4, -0.2) is 29.2 Å². The van der Waals surface area contributed by atoms with Gasteiger partial charge >= 0.3 is 0 Å². The summed E-state index contributed by atoms with van der Waals surface area (Å²) in [6.45, 7) is 8.22. The molecule has 0 saturated carbocycles. The number of nitrogens with zero attached hydrogens (tertiary/aromatic N) is 3. The van der Waals surface area contributed by atoms with E-state index in [2.05, 4.69) is 21.8 Å². The van der Waals surface area contributed by atoms with E-state index < -0.39 is 0 Å². The fraction of sp³-hybridized carbons (Fsp3) is 0.714. The quantitative estimate of drug-likeness (QED) is 0.905. The minimum atomic E-state index is 0.0646. The summed E-state index contributed by atoms with van der Waals surface area (Å²) in [5, 5.41) is 0. The predicted octanol–water partition coefficient (Wildman–Crippen LogP) is 2.47. The molecule has 1 fully saturated rings. The monoisotopic (exact) mass is 264 g/mol. The highest BCUT2D eigenvalue weighted by molar-refractivity contribution is 5.67. The van der Waals surface area contributed by atoms with E-state index in [1.165, 1.54) is 19.3 Å². The van der Waals surface area contributed by atoms with Gasteiger partial charge in [0.05, 0.1) is 6.10 Å². The zero-order valence-electron chi connectivity index (χ0n) is 12.1. The van der Waals surface area contributed by atoms with Gasteiger partial charge in [0.15, 0.2) is 5.82 Å². The summed E-state index contributed by atoms with van der Waals surface area (Å²) in [6, 6.07) is 0. The van der Waals surface area contributed by atoms with E-state index in [1.54, 1.807) is 6.33 Å². The molecule has 1 aliphatic heterocycles. The summed E-state index contributed by atoms with van der Waals surface area (Å²) in [7, 11) is 0. The third kappa shape index (κ3) is 3.28.